The summed E-state index contributed by atoms with van der Waals surface area (Å²) in [6, 6.07) is 7.59. The second-order valence-electron chi connectivity index (χ2n) is 3.50. The first-order valence-corrected chi connectivity index (χ1v) is 5.95. The lowest BCUT2D eigenvalue weighted by Gasteiger charge is -2.07. The fraction of sp³-hybridized carbons (Fsp3) is 0.400. The average Bonchev–Trinajstić information content (AvgIpc) is 2.39. The van der Waals surface area contributed by atoms with Gasteiger partial charge in [0.15, 0.2) is 5.78 Å². The Morgan fingerprint density at radius 2 is 2.06 bits per heavy atom. The first-order valence-electron chi connectivity index (χ1n) is 5.95. The molecule has 1 aromatic rings. The summed E-state index contributed by atoms with van der Waals surface area (Å²) >= 11 is 0. The summed E-state index contributed by atoms with van der Waals surface area (Å²) in [5.74, 6) is 0.325. The van der Waals surface area contributed by atoms with Gasteiger partial charge in [-0.05, 0) is 18.1 Å². The number of ketones is 1. The van der Waals surface area contributed by atoms with E-state index in [0.29, 0.717) is 0 Å². The highest BCUT2D eigenvalue weighted by Gasteiger charge is 2.12. The average molecular weight is 218 g/mol. The van der Waals surface area contributed by atoms with Crippen molar-refractivity contribution in [2.24, 2.45) is 5.92 Å². The SMILES string of the molecule is C=Cc1cccc(C(=O)C(C)CC)c1.CC. The van der Waals surface area contributed by atoms with Crippen LogP contribution in [0, 0.1) is 5.92 Å². The standard InChI is InChI=1S/C13H16O.C2H6/c1-4-10(3)13(14)12-8-6-7-11(5-2)9-12;1-2/h5-10H,2,4H2,1,3H3;1-2H3. The Balaban J connectivity index is 0.00000106. The van der Waals surface area contributed by atoms with E-state index in [-0.39, 0.29) is 11.7 Å². The van der Waals surface area contributed by atoms with Gasteiger partial charge in [-0.1, -0.05) is 58.5 Å². The second-order valence-corrected chi connectivity index (χ2v) is 3.50. The summed E-state index contributed by atoms with van der Waals surface area (Å²) in [4.78, 5) is 11.8. The van der Waals surface area contributed by atoms with E-state index in [1.807, 2.05) is 52.0 Å². The molecule has 0 saturated heterocycles. The normalized spacial score (nSPS) is 11.0. The Labute approximate surface area is 99.2 Å². The molecule has 1 unspecified atom stereocenters. The third kappa shape index (κ3) is 4.01. The minimum atomic E-state index is 0.107. The molecule has 0 radical (unpaired) electrons. The molecule has 0 aliphatic rings. The first-order chi connectivity index (χ1) is 7.69. The minimum absolute atomic E-state index is 0.107. The third-order valence-corrected chi connectivity index (χ3v) is 2.47. The van der Waals surface area contributed by atoms with Crippen LogP contribution in [0.15, 0.2) is 30.8 Å². The van der Waals surface area contributed by atoms with Gasteiger partial charge in [-0.25, -0.2) is 0 Å². The van der Waals surface area contributed by atoms with Crippen LogP contribution in [0.5, 0.6) is 0 Å². The Hall–Kier alpha value is -1.37. The van der Waals surface area contributed by atoms with Crippen LogP contribution in [-0.2, 0) is 0 Å². The monoisotopic (exact) mass is 218 g/mol. The molecule has 0 aliphatic carbocycles. The van der Waals surface area contributed by atoms with Crippen molar-refractivity contribution < 1.29 is 4.79 Å². The quantitative estimate of drug-likeness (QED) is 0.676. The zero-order valence-corrected chi connectivity index (χ0v) is 10.8. The summed E-state index contributed by atoms with van der Waals surface area (Å²) in [7, 11) is 0. The Morgan fingerprint density at radius 1 is 1.44 bits per heavy atom. The van der Waals surface area contributed by atoms with Gasteiger partial charge in [-0.2, -0.15) is 0 Å². The van der Waals surface area contributed by atoms with Crippen molar-refractivity contribution in [2.45, 2.75) is 34.1 Å². The van der Waals surface area contributed by atoms with Gasteiger partial charge in [-0.3, -0.25) is 4.79 Å². The van der Waals surface area contributed by atoms with Crippen LogP contribution in [0.3, 0.4) is 0 Å². The maximum atomic E-state index is 11.8. The van der Waals surface area contributed by atoms with E-state index in [4.69, 9.17) is 0 Å². The lowest BCUT2D eigenvalue weighted by atomic mass is 9.96. The largest absolute Gasteiger partial charge is 0.294 e. The molecule has 0 aliphatic heterocycles. The summed E-state index contributed by atoms with van der Waals surface area (Å²) in [5, 5.41) is 0. The summed E-state index contributed by atoms with van der Waals surface area (Å²) in [5.41, 5.74) is 1.79. The van der Waals surface area contributed by atoms with Crippen LogP contribution >= 0.6 is 0 Å². The lowest BCUT2D eigenvalue weighted by Crippen LogP contribution is -2.09. The van der Waals surface area contributed by atoms with Gasteiger partial charge in [0.05, 0.1) is 0 Å². The molecule has 88 valence electrons. The lowest BCUT2D eigenvalue weighted by molar-refractivity contribution is 0.0927. The van der Waals surface area contributed by atoms with Gasteiger partial charge in [-0.15, -0.1) is 0 Å². The topological polar surface area (TPSA) is 17.1 Å². The number of hydrogen-bond donors (Lipinski definition) is 0. The van der Waals surface area contributed by atoms with E-state index in [1.165, 1.54) is 0 Å². The summed E-state index contributed by atoms with van der Waals surface area (Å²) in [6.07, 6.45) is 2.64. The molecule has 1 atom stereocenters. The fourth-order valence-corrected chi connectivity index (χ4v) is 1.29. The van der Waals surface area contributed by atoms with Gasteiger partial charge in [0.1, 0.15) is 0 Å². The summed E-state index contributed by atoms with van der Waals surface area (Å²) < 4.78 is 0. The van der Waals surface area contributed by atoms with Crippen LogP contribution in [0.2, 0.25) is 0 Å². The number of carbonyl (C=O) groups is 1. The van der Waals surface area contributed by atoms with Crippen molar-refractivity contribution in [3.8, 4) is 0 Å². The van der Waals surface area contributed by atoms with Crippen molar-refractivity contribution in [1.29, 1.82) is 0 Å². The molecule has 1 heteroatoms. The zero-order valence-electron chi connectivity index (χ0n) is 10.8. The van der Waals surface area contributed by atoms with E-state index in [1.54, 1.807) is 6.08 Å². The molecular weight excluding hydrogens is 196 g/mol. The van der Waals surface area contributed by atoms with Gasteiger partial charge < -0.3 is 0 Å². The van der Waals surface area contributed by atoms with E-state index in [9.17, 15) is 4.79 Å². The maximum Gasteiger partial charge on any atom is 0.165 e. The Bertz CT molecular complexity index is 339. The highest BCUT2D eigenvalue weighted by atomic mass is 16.1. The molecule has 0 aromatic heterocycles. The molecule has 1 rings (SSSR count). The number of benzene rings is 1. The van der Waals surface area contributed by atoms with E-state index in [2.05, 4.69) is 6.58 Å². The van der Waals surface area contributed by atoms with Gasteiger partial charge in [0, 0.05) is 11.5 Å². The van der Waals surface area contributed by atoms with Crippen LogP contribution in [0.1, 0.15) is 50.0 Å². The predicted octanol–water partition coefficient (Wildman–Crippen LogP) is 4.58. The van der Waals surface area contributed by atoms with Gasteiger partial charge in [0.25, 0.3) is 0 Å². The van der Waals surface area contributed by atoms with Crippen molar-refractivity contribution in [1.82, 2.24) is 0 Å². The Morgan fingerprint density at radius 3 is 2.56 bits per heavy atom. The maximum absolute atomic E-state index is 11.8. The van der Waals surface area contributed by atoms with Crippen molar-refractivity contribution >= 4 is 11.9 Å². The molecule has 0 N–H and O–H groups in total. The molecule has 0 bridgehead atoms. The number of carbonyl (C=O) groups excluding carboxylic acids is 1. The third-order valence-electron chi connectivity index (χ3n) is 2.47. The van der Waals surface area contributed by atoms with Gasteiger partial charge >= 0.3 is 0 Å². The van der Waals surface area contributed by atoms with Crippen LogP contribution in [0.4, 0.5) is 0 Å². The van der Waals surface area contributed by atoms with Crippen LogP contribution < -0.4 is 0 Å². The van der Waals surface area contributed by atoms with Gasteiger partial charge in [0.2, 0.25) is 0 Å². The van der Waals surface area contributed by atoms with E-state index >= 15 is 0 Å². The second kappa shape index (κ2) is 7.86. The fourth-order valence-electron chi connectivity index (χ4n) is 1.29. The van der Waals surface area contributed by atoms with Crippen LogP contribution in [0.25, 0.3) is 6.08 Å². The minimum Gasteiger partial charge on any atom is -0.294 e. The Kier molecular flexibility index (Phi) is 7.19. The zero-order chi connectivity index (χ0) is 12.6. The number of rotatable bonds is 4. The first kappa shape index (κ1) is 14.6. The van der Waals surface area contributed by atoms with Crippen molar-refractivity contribution in [3.05, 3.63) is 42.0 Å². The van der Waals surface area contributed by atoms with Crippen LogP contribution in [-0.4, -0.2) is 5.78 Å². The molecule has 0 saturated carbocycles. The van der Waals surface area contributed by atoms with Crippen molar-refractivity contribution in [3.63, 3.8) is 0 Å². The van der Waals surface area contributed by atoms with E-state index in [0.717, 1.165) is 17.5 Å². The molecule has 16 heavy (non-hydrogen) atoms. The van der Waals surface area contributed by atoms with Crippen molar-refractivity contribution in [2.75, 3.05) is 0 Å². The molecule has 0 amide bonds. The smallest absolute Gasteiger partial charge is 0.165 e. The molecule has 0 spiro atoms. The molecule has 1 nitrogen and oxygen atoms in total. The summed E-state index contributed by atoms with van der Waals surface area (Å²) in [6.45, 7) is 11.7. The molecule has 0 fully saturated rings. The highest BCUT2D eigenvalue weighted by Crippen LogP contribution is 2.13. The molecule has 1 aromatic carbocycles. The van der Waals surface area contributed by atoms with E-state index < -0.39 is 0 Å². The highest BCUT2D eigenvalue weighted by molar-refractivity contribution is 5.98. The predicted molar refractivity (Wildman–Crippen MR) is 71.7 cm³/mol. The molecule has 0 heterocycles. The number of hydrogen-bond acceptors (Lipinski definition) is 1. The molecular formula is C15H22O. The number of Topliss-reactive ketones (excluding diaryl/α,β-unsaturated/α-hetero) is 1.